The Morgan fingerprint density at radius 2 is 2.04 bits per heavy atom. The molecule has 0 N–H and O–H groups in total. The number of nitrogens with zero attached hydrogens (tertiary/aromatic N) is 3. The van der Waals surface area contributed by atoms with Crippen molar-refractivity contribution in [1.82, 2.24) is 14.7 Å². The van der Waals surface area contributed by atoms with E-state index >= 15 is 0 Å². The third kappa shape index (κ3) is 5.30. The SMILES string of the molecule is C=CCN1CCC[C@H]1C(=O)N(C)CC1CCN(CCOC)CC1. The Morgan fingerprint density at radius 1 is 1.30 bits per heavy atom. The second kappa shape index (κ2) is 9.40. The molecule has 1 atom stereocenters. The van der Waals surface area contributed by atoms with Crippen molar-refractivity contribution in [2.45, 2.75) is 31.7 Å². The van der Waals surface area contributed by atoms with Crippen LogP contribution in [-0.4, -0.2) is 86.7 Å². The summed E-state index contributed by atoms with van der Waals surface area (Å²) in [5, 5.41) is 0. The summed E-state index contributed by atoms with van der Waals surface area (Å²) in [6.07, 6.45) is 6.38. The van der Waals surface area contributed by atoms with Crippen molar-refractivity contribution in [1.29, 1.82) is 0 Å². The monoisotopic (exact) mass is 323 g/mol. The molecule has 5 heteroatoms. The molecule has 0 aromatic rings. The van der Waals surface area contributed by atoms with E-state index in [1.165, 1.54) is 12.8 Å². The predicted octanol–water partition coefficient (Wildman–Crippen LogP) is 1.45. The van der Waals surface area contributed by atoms with Crippen LogP contribution in [0.5, 0.6) is 0 Å². The van der Waals surface area contributed by atoms with Gasteiger partial charge in [0.1, 0.15) is 0 Å². The lowest BCUT2D eigenvalue weighted by atomic mass is 9.96. The van der Waals surface area contributed by atoms with Gasteiger partial charge >= 0.3 is 0 Å². The van der Waals surface area contributed by atoms with E-state index in [0.29, 0.717) is 11.8 Å². The molecule has 0 aromatic carbocycles. The Morgan fingerprint density at radius 3 is 2.70 bits per heavy atom. The van der Waals surface area contributed by atoms with Gasteiger partial charge in [-0.15, -0.1) is 6.58 Å². The number of methoxy groups -OCH3 is 1. The van der Waals surface area contributed by atoms with E-state index < -0.39 is 0 Å². The van der Waals surface area contributed by atoms with Crippen LogP contribution in [0.15, 0.2) is 12.7 Å². The molecule has 2 aliphatic heterocycles. The van der Waals surface area contributed by atoms with Crippen LogP contribution in [0, 0.1) is 5.92 Å². The maximum absolute atomic E-state index is 12.7. The highest BCUT2D eigenvalue weighted by atomic mass is 16.5. The number of amides is 1. The van der Waals surface area contributed by atoms with Gasteiger partial charge in [-0.3, -0.25) is 9.69 Å². The summed E-state index contributed by atoms with van der Waals surface area (Å²) in [6.45, 7) is 10.6. The lowest BCUT2D eigenvalue weighted by Crippen LogP contribution is -2.47. The summed E-state index contributed by atoms with van der Waals surface area (Å²) < 4.78 is 5.15. The first-order valence-corrected chi connectivity index (χ1v) is 8.97. The van der Waals surface area contributed by atoms with Crippen molar-refractivity contribution in [3.63, 3.8) is 0 Å². The second-order valence-electron chi connectivity index (χ2n) is 6.94. The molecule has 0 aliphatic carbocycles. The predicted molar refractivity (Wildman–Crippen MR) is 93.5 cm³/mol. The van der Waals surface area contributed by atoms with Crippen LogP contribution in [0.25, 0.3) is 0 Å². The van der Waals surface area contributed by atoms with Gasteiger partial charge in [0.2, 0.25) is 5.91 Å². The van der Waals surface area contributed by atoms with Crippen molar-refractivity contribution in [3.05, 3.63) is 12.7 Å². The number of piperidine rings is 1. The van der Waals surface area contributed by atoms with Crippen molar-refractivity contribution in [3.8, 4) is 0 Å². The maximum Gasteiger partial charge on any atom is 0.239 e. The Balaban J connectivity index is 1.75. The molecule has 0 saturated carbocycles. The molecular formula is C18H33N3O2. The van der Waals surface area contributed by atoms with E-state index in [4.69, 9.17) is 4.74 Å². The fourth-order valence-corrected chi connectivity index (χ4v) is 3.83. The molecule has 2 saturated heterocycles. The van der Waals surface area contributed by atoms with Crippen LogP contribution in [0.1, 0.15) is 25.7 Å². The molecule has 23 heavy (non-hydrogen) atoms. The quantitative estimate of drug-likeness (QED) is 0.634. The first kappa shape index (κ1) is 18.4. The Labute approximate surface area is 141 Å². The molecule has 0 radical (unpaired) electrons. The molecular weight excluding hydrogens is 290 g/mol. The smallest absolute Gasteiger partial charge is 0.239 e. The lowest BCUT2D eigenvalue weighted by molar-refractivity contribution is -0.135. The Kier molecular flexibility index (Phi) is 7.53. The van der Waals surface area contributed by atoms with E-state index in [0.717, 1.165) is 58.7 Å². The van der Waals surface area contributed by atoms with Gasteiger partial charge < -0.3 is 14.5 Å². The minimum absolute atomic E-state index is 0.0693. The molecule has 0 bridgehead atoms. The van der Waals surface area contributed by atoms with Gasteiger partial charge in [-0.05, 0) is 51.2 Å². The molecule has 2 heterocycles. The van der Waals surface area contributed by atoms with Crippen LogP contribution in [0.4, 0.5) is 0 Å². The van der Waals surface area contributed by atoms with Crippen LogP contribution in [0.3, 0.4) is 0 Å². The highest BCUT2D eigenvalue weighted by Gasteiger charge is 2.32. The van der Waals surface area contributed by atoms with Crippen LogP contribution < -0.4 is 0 Å². The maximum atomic E-state index is 12.7. The molecule has 5 nitrogen and oxygen atoms in total. The van der Waals surface area contributed by atoms with Crippen LogP contribution >= 0.6 is 0 Å². The summed E-state index contributed by atoms with van der Waals surface area (Å²) in [4.78, 5) is 19.4. The average Bonchev–Trinajstić information content (AvgIpc) is 3.02. The summed E-state index contributed by atoms with van der Waals surface area (Å²) >= 11 is 0. The number of hydrogen-bond acceptors (Lipinski definition) is 4. The van der Waals surface area contributed by atoms with Gasteiger partial charge in [0.05, 0.1) is 12.6 Å². The van der Waals surface area contributed by atoms with Gasteiger partial charge in [-0.1, -0.05) is 6.08 Å². The number of likely N-dealkylation sites (N-methyl/N-ethyl adjacent to an activating group) is 1. The average molecular weight is 323 g/mol. The van der Waals surface area contributed by atoms with Crippen LogP contribution in [0.2, 0.25) is 0 Å². The molecule has 2 fully saturated rings. The number of ether oxygens (including phenoxy) is 1. The minimum atomic E-state index is 0.0693. The van der Waals surface area contributed by atoms with E-state index in [2.05, 4.69) is 16.4 Å². The van der Waals surface area contributed by atoms with Crippen LogP contribution in [-0.2, 0) is 9.53 Å². The van der Waals surface area contributed by atoms with Crippen molar-refractivity contribution < 1.29 is 9.53 Å². The summed E-state index contributed by atoms with van der Waals surface area (Å²) in [7, 11) is 3.73. The topological polar surface area (TPSA) is 36.0 Å². The van der Waals surface area contributed by atoms with Gasteiger partial charge in [0.25, 0.3) is 0 Å². The minimum Gasteiger partial charge on any atom is -0.383 e. The van der Waals surface area contributed by atoms with Crippen molar-refractivity contribution in [2.75, 3.05) is 60.0 Å². The lowest BCUT2D eigenvalue weighted by Gasteiger charge is -2.35. The summed E-state index contributed by atoms with van der Waals surface area (Å²) in [5.41, 5.74) is 0. The highest BCUT2D eigenvalue weighted by molar-refractivity contribution is 5.82. The van der Waals surface area contributed by atoms with Crippen molar-refractivity contribution >= 4 is 5.91 Å². The number of hydrogen-bond donors (Lipinski definition) is 0. The van der Waals surface area contributed by atoms with Crippen molar-refractivity contribution in [2.24, 2.45) is 5.92 Å². The first-order chi connectivity index (χ1) is 11.2. The standard InChI is InChI=1S/C18H33N3O2/c1-4-9-21-10-5-6-17(21)18(22)19(2)15-16-7-11-20(12-8-16)13-14-23-3/h4,16-17H,1,5-15H2,2-3H3/t17-/m0/s1. The van der Waals surface area contributed by atoms with Gasteiger partial charge in [0.15, 0.2) is 0 Å². The third-order valence-electron chi connectivity index (χ3n) is 5.24. The molecule has 0 spiro atoms. The molecule has 2 aliphatic rings. The zero-order valence-electron chi connectivity index (χ0n) is 14.9. The molecule has 1 amide bonds. The highest BCUT2D eigenvalue weighted by Crippen LogP contribution is 2.22. The zero-order chi connectivity index (χ0) is 16.7. The summed E-state index contributed by atoms with van der Waals surface area (Å²) in [6, 6.07) is 0.0693. The molecule has 0 unspecified atom stereocenters. The molecule has 132 valence electrons. The number of carbonyl (C=O) groups excluding carboxylic acids is 1. The molecule has 0 aromatic heterocycles. The number of rotatable bonds is 8. The first-order valence-electron chi connectivity index (χ1n) is 8.97. The van der Waals surface area contributed by atoms with Gasteiger partial charge in [-0.2, -0.15) is 0 Å². The van der Waals surface area contributed by atoms with E-state index in [1.807, 2.05) is 18.0 Å². The van der Waals surface area contributed by atoms with E-state index in [1.54, 1.807) is 7.11 Å². The van der Waals surface area contributed by atoms with Gasteiger partial charge in [-0.25, -0.2) is 0 Å². The normalized spacial score (nSPS) is 24.0. The third-order valence-corrected chi connectivity index (χ3v) is 5.24. The fraction of sp³-hybridized carbons (Fsp3) is 0.833. The van der Waals surface area contributed by atoms with E-state index in [-0.39, 0.29) is 6.04 Å². The second-order valence-corrected chi connectivity index (χ2v) is 6.94. The Bertz CT molecular complexity index is 380. The molecule has 2 rings (SSSR count). The number of carbonyl (C=O) groups is 1. The number of likely N-dealkylation sites (tertiary alicyclic amines) is 2. The fourth-order valence-electron chi connectivity index (χ4n) is 3.83. The summed E-state index contributed by atoms with van der Waals surface area (Å²) in [5.74, 6) is 0.933. The zero-order valence-corrected chi connectivity index (χ0v) is 14.9. The Hall–Kier alpha value is -0.910. The van der Waals surface area contributed by atoms with E-state index in [9.17, 15) is 4.79 Å². The largest absolute Gasteiger partial charge is 0.383 e. The van der Waals surface area contributed by atoms with Gasteiger partial charge in [0, 0.05) is 33.8 Å².